The zero-order valence-corrected chi connectivity index (χ0v) is 20.7. The van der Waals surface area contributed by atoms with Crippen molar-refractivity contribution in [2.45, 2.75) is 0 Å². The van der Waals surface area contributed by atoms with Gasteiger partial charge >= 0.3 is 0 Å². The molecule has 2 aliphatic rings. The summed E-state index contributed by atoms with van der Waals surface area (Å²) in [6.07, 6.45) is 0. The molecule has 0 radical (unpaired) electrons. The van der Waals surface area contributed by atoms with Gasteiger partial charge < -0.3 is 0 Å². The molecular weight excluding hydrogens is 456 g/mol. The Kier molecular flexibility index (Phi) is 3.88. The van der Waals surface area contributed by atoms with Gasteiger partial charge in [-0.1, -0.05) is 133 Å². The van der Waals surface area contributed by atoms with Crippen LogP contribution in [0, 0.1) is 0 Å². The maximum Gasteiger partial charge on any atom is -0.00201 e. The first-order valence-corrected chi connectivity index (χ1v) is 13.3. The molecule has 0 heteroatoms. The van der Waals surface area contributed by atoms with Crippen LogP contribution in [0.25, 0.3) is 88.3 Å². The molecule has 0 atom stereocenters. The lowest BCUT2D eigenvalue weighted by Gasteiger charge is -2.12. The van der Waals surface area contributed by atoms with Gasteiger partial charge in [-0.2, -0.15) is 0 Å². The lowest BCUT2D eigenvalue weighted by molar-refractivity contribution is 1.63. The zero-order valence-electron chi connectivity index (χ0n) is 20.7. The molecule has 7 aromatic rings. The predicted octanol–water partition coefficient (Wildman–Crippen LogP) is 10.6. The summed E-state index contributed by atoms with van der Waals surface area (Å²) < 4.78 is 0. The van der Waals surface area contributed by atoms with Gasteiger partial charge in [0.2, 0.25) is 0 Å². The normalized spacial score (nSPS) is 12.2. The summed E-state index contributed by atoms with van der Waals surface area (Å²) in [7, 11) is 0. The number of fused-ring (bicyclic) bond motifs is 6. The molecule has 0 aromatic heterocycles. The first-order valence-electron chi connectivity index (χ1n) is 13.3. The molecule has 0 nitrogen and oxygen atoms in total. The van der Waals surface area contributed by atoms with E-state index in [1.807, 2.05) is 0 Å². The molecule has 7 aromatic carbocycles. The zero-order chi connectivity index (χ0) is 24.8. The van der Waals surface area contributed by atoms with Crippen LogP contribution in [-0.2, 0) is 0 Å². The Labute approximate surface area is 221 Å². The average molecular weight is 479 g/mol. The smallest absolute Gasteiger partial charge is 0.00201 e. The molecule has 0 bridgehead atoms. The lowest BCUT2D eigenvalue weighted by atomic mass is 9.91. The van der Waals surface area contributed by atoms with Crippen molar-refractivity contribution in [1.82, 2.24) is 0 Å². The van der Waals surface area contributed by atoms with Crippen LogP contribution in [0.5, 0.6) is 0 Å². The highest BCUT2D eigenvalue weighted by molar-refractivity contribution is 6.20. The Hall–Kier alpha value is -4.94. The molecule has 0 aliphatic heterocycles. The summed E-state index contributed by atoms with van der Waals surface area (Å²) in [5, 5.41) is 5.41. The van der Waals surface area contributed by atoms with Crippen molar-refractivity contribution in [1.29, 1.82) is 0 Å². The summed E-state index contributed by atoms with van der Waals surface area (Å²) in [6, 6.07) is 49.4. The predicted molar refractivity (Wildman–Crippen MR) is 161 cm³/mol. The van der Waals surface area contributed by atoms with Crippen molar-refractivity contribution in [3.8, 4) is 66.8 Å². The van der Waals surface area contributed by atoms with Gasteiger partial charge in [-0.05, 0) is 88.3 Å². The van der Waals surface area contributed by atoms with E-state index in [1.54, 1.807) is 0 Å². The van der Waals surface area contributed by atoms with Gasteiger partial charge in [-0.15, -0.1) is 0 Å². The molecule has 9 rings (SSSR count). The van der Waals surface area contributed by atoms with Gasteiger partial charge in [0.15, 0.2) is 0 Å². The van der Waals surface area contributed by atoms with Gasteiger partial charge in [0, 0.05) is 0 Å². The quantitative estimate of drug-likeness (QED) is 0.232. The Morgan fingerprint density at radius 2 is 0.526 bits per heavy atom. The largest absolute Gasteiger partial charge is 0.0616 e. The van der Waals surface area contributed by atoms with E-state index in [1.165, 1.54) is 88.3 Å². The van der Waals surface area contributed by atoms with Crippen LogP contribution in [0.2, 0.25) is 0 Å². The van der Waals surface area contributed by atoms with Crippen molar-refractivity contribution in [3.63, 3.8) is 0 Å². The van der Waals surface area contributed by atoms with E-state index in [0.717, 1.165) is 0 Å². The van der Waals surface area contributed by atoms with E-state index >= 15 is 0 Å². The standard InChI is InChI=1S/C38H22/c1-3-9-29-27(7-1)33-13-5-11-31-25(19-21-35(29)37(31)33)23-15-17-24(18-16-23)26-20-22-36-30-10-4-2-8-28(30)34-14-6-12-32(26)38(34)36/h1-22H. The van der Waals surface area contributed by atoms with Gasteiger partial charge in [-0.3, -0.25) is 0 Å². The van der Waals surface area contributed by atoms with Crippen molar-refractivity contribution in [2.24, 2.45) is 0 Å². The second kappa shape index (κ2) is 7.31. The molecule has 0 saturated carbocycles. The maximum atomic E-state index is 2.31. The summed E-state index contributed by atoms with van der Waals surface area (Å²) in [6.45, 7) is 0. The van der Waals surface area contributed by atoms with Crippen molar-refractivity contribution >= 4 is 21.5 Å². The van der Waals surface area contributed by atoms with Crippen molar-refractivity contribution in [2.75, 3.05) is 0 Å². The van der Waals surface area contributed by atoms with E-state index in [-0.39, 0.29) is 0 Å². The van der Waals surface area contributed by atoms with E-state index in [4.69, 9.17) is 0 Å². The molecule has 0 N–H and O–H groups in total. The van der Waals surface area contributed by atoms with Crippen LogP contribution < -0.4 is 0 Å². The van der Waals surface area contributed by atoms with E-state index in [0.29, 0.717) is 0 Å². The topological polar surface area (TPSA) is 0 Å². The van der Waals surface area contributed by atoms with Crippen LogP contribution in [0.1, 0.15) is 0 Å². The fourth-order valence-electron chi connectivity index (χ4n) is 6.95. The van der Waals surface area contributed by atoms with E-state index in [9.17, 15) is 0 Å². The van der Waals surface area contributed by atoms with Crippen LogP contribution in [-0.4, -0.2) is 0 Å². The molecular formula is C38H22. The third kappa shape index (κ3) is 2.54. The summed E-state index contributed by atoms with van der Waals surface area (Å²) in [4.78, 5) is 0. The van der Waals surface area contributed by atoms with Crippen molar-refractivity contribution in [3.05, 3.63) is 133 Å². The minimum atomic E-state index is 1.26. The SMILES string of the molecule is c1ccc2c(c1)-c1cccc3c(-c4ccc(-c5ccc6c7c(cccc57)-c5ccccc5-6)cc4)ccc-2c13. The van der Waals surface area contributed by atoms with Gasteiger partial charge in [0.1, 0.15) is 0 Å². The number of benzene rings is 7. The highest BCUT2D eigenvalue weighted by Gasteiger charge is 2.23. The number of hydrogen-bond donors (Lipinski definition) is 0. The molecule has 0 fully saturated rings. The monoisotopic (exact) mass is 478 g/mol. The van der Waals surface area contributed by atoms with Crippen LogP contribution >= 0.6 is 0 Å². The molecule has 0 amide bonds. The average Bonchev–Trinajstić information content (AvgIpc) is 3.49. The number of hydrogen-bond acceptors (Lipinski definition) is 0. The number of rotatable bonds is 2. The van der Waals surface area contributed by atoms with Crippen LogP contribution in [0.4, 0.5) is 0 Å². The van der Waals surface area contributed by atoms with Crippen LogP contribution in [0.3, 0.4) is 0 Å². The lowest BCUT2D eigenvalue weighted by Crippen LogP contribution is -1.86. The minimum Gasteiger partial charge on any atom is -0.0616 e. The van der Waals surface area contributed by atoms with Gasteiger partial charge in [0.05, 0.1) is 0 Å². The Balaban J connectivity index is 1.19. The molecule has 2 aliphatic carbocycles. The first kappa shape index (κ1) is 20.2. The molecule has 38 heavy (non-hydrogen) atoms. The summed E-state index contributed by atoms with van der Waals surface area (Å²) in [5.41, 5.74) is 15.9. The maximum absolute atomic E-state index is 2.31. The van der Waals surface area contributed by atoms with Crippen molar-refractivity contribution < 1.29 is 0 Å². The van der Waals surface area contributed by atoms with Gasteiger partial charge in [0.25, 0.3) is 0 Å². The molecule has 0 heterocycles. The molecule has 0 unspecified atom stereocenters. The second-order valence-corrected chi connectivity index (χ2v) is 10.4. The highest BCUT2D eigenvalue weighted by Crippen LogP contribution is 2.50. The summed E-state index contributed by atoms with van der Waals surface area (Å²) in [5.74, 6) is 0. The molecule has 0 spiro atoms. The second-order valence-electron chi connectivity index (χ2n) is 10.4. The Morgan fingerprint density at radius 3 is 0.921 bits per heavy atom. The third-order valence-corrected chi connectivity index (χ3v) is 8.60. The van der Waals surface area contributed by atoms with Crippen LogP contribution in [0.15, 0.2) is 133 Å². The Bertz CT molecular complexity index is 1900. The van der Waals surface area contributed by atoms with E-state index in [2.05, 4.69) is 133 Å². The third-order valence-electron chi connectivity index (χ3n) is 8.60. The highest BCUT2D eigenvalue weighted by atomic mass is 14.3. The first-order chi connectivity index (χ1) is 18.9. The minimum absolute atomic E-state index is 1.26. The fourth-order valence-corrected chi connectivity index (χ4v) is 6.95. The Morgan fingerprint density at radius 1 is 0.211 bits per heavy atom. The summed E-state index contributed by atoms with van der Waals surface area (Å²) >= 11 is 0. The van der Waals surface area contributed by atoms with Gasteiger partial charge in [-0.25, -0.2) is 0 Å². The fraction of sp³-hybridized carbons (Fsp3) is 0. The van der Waals surface area contributed by atoms with E-state index < -0.39 is 0 Å². The molecule has 174 valence electrons. The molecule has 0 saturated heterocycles.